The molecule has 0 spiro atoms. The van der Waals surface area contributed by atoms with Gasteiger partial charge in [-0.1, -0.05) is 18.2 Å². The minimum Gasteiger partial charge on any atom is -0.377 e. The van der Waals surface area contributed by atoms with Gasteiger partial charge in [-0.05, 0) is 79.0 Å². The Hall–Kier alpha value is -2.72. The molecule has 9 heteroatoms. The number of hydrogen-bond donors (Lipinski definition) is 3. The van der Waals surface area contributed by atoms with Crippen molar-refractivity contribution in [3.8, 4) is 11.1 Å². The van der Waals surface area contributed by atoms with E-state index in [4.69, 9.17) is 10.5 Å². The molecule has 4 N–H and O–H groups in total. The highest BCUT2D eigenvalue weighted by Gasteiger charge is 2.29. The second-order valence-electron chi connectivity index (χ2n) is 10.1. The maximum Gasteiger partial charge on any atom is 0.250 e. The number of ether oxygens (including phenoxy) is 1. The minimum atomic E-state index is -3.18. The monoisotopic (exact) mass is 524 g/mol. The van der Waals surface area contributed by atoms with Gasteiger partial charge in [0.2, 0.25) is 10.0 Å². The normalized spacial score (nSPS) is 19.5. The van der Waals surface area contributed by atoms with Crippen molar-refractivity contribution in [1.82, 2.24) is 14.6 Å². The first-order valence-electron chi connectivity index (χ1n) is 13.2. The highest BCUT2D eigenvalue weighted by atomic mass is 32.2. The second kappa shape index (κ2) is 10.9. The fourth-order valence-corrected chi connectivity index (χ4v) is 6.76. The van der Waals surface area contributed by atoms with Gasteiger partial charge in [-0.3, -0.25) is 4.79 Å². The molecule has 2 aliphatic heterocycles. The predicted molar refractivity (Wildman–Crippen MR) is 146 cm³/mol. The Morgan fingerprint density at radius 2 is 1.97 bits per heavy atom. The zero-order valence-corrected chi connectivity index (χ0v) is 22.1. The van der Waals surface area contributed by atoms with Gasteiger partial charge in [-0.15, -0.1) is 0 Å². The first-order valence-corrected chi connectivity index (χ1v) is 14.8. The highest BCUT2D eigenvalue weighted by molar-refractivity contribution is 7.89. The lowest BCUT2D eigenvalue weighted by atomic mass is 9.88. The van der Waals surface area contributed by atoms with Crippen molar-refractivity contribution in [3.63, 3.8) is 0 Å². The summed E-state index contributed by atoms with van der Waals surface area (Å²) in [7, 11) is -3.18. The number of fused-ring (bicyclic) bond motifs is 1. The molecule has 5 rings (SSSR count). The van der Waals surface area contributed by atoms with E-state index in [9.17, 15) is 13.2 Å². The lowest BCUT2D eigenvalue weighted by Crippen LogP contribution is -2.38. The molecule has 2 aromatic carbocycles. The van der Waals surface area contributed by atoms with Gasteiger partial charge in [0.15, 0.2) is 0 Å². The lowest BCUT2D eigenvalue weighted by molar-refractivity contribution is 0.100. The number of rotatable bonds is 9. The molecular formula is C28H36N4O4S. The molecule has 0 radical (unpaired) electrons. The Morgan fingerprint density at radius 3 is 2.68 bits per heavy atom. The van der Waals surface area contributed by atoms with E-state index in [2.05, 4.69) is 34.6 Å². The van der Waals surface area contributed by atoms with Crippen molar-refractivity contribution in [1.29, 1.82) is 0 Å². The molecule has 1 atom stereocenters. The number of sulfonamides is 1. The molecule has 1 aromatic heterocycles. The molecule has 37 heavy (non-hydrogen) atoms. The second-order valence-corrected chi connectivity index (χ2v) is 12.4. The summed E-state index contributed by atoms with van der Waals surface area (Å²) in [6, 6.07) is 12.3. The van der Waals surface area contributed by atoms with Crippen molar-refractivity contribution < 1.29 is 17.9 Å². The van der Waals surface area contributed by atoms with Gasteiger partial charge in [0.25, 0.3) is 5.91 Å². The zero-order chi connectivity index (χ0) is 26.0. The van der Waals surface area contributed by atoms with Crippen LogP contribution in [0.1, 0.15) is 60.0 Å². The summed E-state index contributed by atoms with van der Waals surface area (Å²) in [4.78, 5) is 15.7. The maximum atomic E-state index is 12.4. The van der Waals surface area contributed by atoms with E-state index in [-0.39, 0.29) is 11.7 Å². The maximum absolute atomic E-state index is 12.4. The van der Waals surface area contributed by atoms with Crippen LogP contribution in [0.4, 0.5) is 0 Å². The van der Waals surface area contributed by atoms with Crippen molar-refractivity contribution in [2.24, 2.45) is 5.73 Å². The van der Waals surface area contributed by atoms with Crippen LogP contribution in [0.15, 0.2) is 42.6 Å². The van der Waals surface area contributed by atoms with E-state index in [1.807, 2.05) is 18.3 Å². The first kappa shape index (κ1) is 25.9. The molecule has 0 saturated carbocycles. The van der Waals surface area contributed by atoms with Gasteiger partial charge in [0, 0.05) is 44.4 Å². The number of hydrogen-bond acceptors (Lipinski definition) is 5. The Labute approximate surface area is 218 Å². The van der Waals surface area contributed by atoms with Crippen molar-refractivity contribution >= 4 is 26.8 Å². The van der Waals surface area contributed by atoms with Crippen LogP contribution in [-0.4, -0.2) is 61.7 Å². The van der Waals surface area contributed by atoms with Crippen LogP contribution in [0.2, 0.25) is 0 Å². The van der Waals surface area contributed by atoms with Crippen LogP contribution in [0.5, 0.6) is 0 Å². The number of carbonyl (C=O) groups excluding carboxylic acids is 1. The molecule has 3 heterocycles. The summed E-state index contributed by atoms with van der Waals surface area (Å²) in [5, 5.41) is 4.47. The number of nitrogens with two attached hydrogens (primary N) is 1. The number of amides is 1. The van der Waals surface area contributed by atoms with Gasteiger partial charge in [0.1, 0.15) is 0 Å². The number of nitrogens with zero attached hydrogens (tertiary/aromatic N) is 1. The van der Waals surface area contributed by atoms with Crippen molar-refractivity contribution in [2.75, 3.05) is 32.0 Å². The molecule has 2 fully saturated rings. The van der Waals surface area contributed by atoms with Crippen LogP contribution in [0.25, 0.3) is 22.0 Å². The molecule has 2 aliphatic rings. The van der Waals surface area contributed by atoms with Crippen LogP contribution >= 0.6 is 0 Å². The fraction of sp³-hybridized carbons (Fsp3) is 0.464. The highest BCUT2D eigenvalue weighted by Crippen LogP contribution is 2.37. The van der Waals surface area contributed by atoms with Gasteiger partial charge < -0.3 is 20.8 Å². The molecule has 0 aliphatic carbocycles. The smallest absolute Gasteiger partial charge is 0.250 e. The van der Waals surface area contributed by atoms with E-state index in [0.29, 0.717) is 24.8 Å². The molecule has 0 bridgehead atoms. The van der Waals surface area contributed by atoms with Crippen LogP contribution < -0.4 is 11.1 Å². The lowest BCUT2D eigenvalue weighted by Gasteiger charge is -2.31. The third-order valence-corrected chi connectivity index (χ3v) is 9.61. The molecule has 3 aromatic rings. The van der Waals surface area contributed by atoms with Crippen LogP contribution in [0.3, 0.4) is 0 Å². The van der Waals surface area contributed by atoms with Gasteiger partial charge in [-0.25, -0.2) is 12.7 Å². The largest absolute Gasteiger partial charge is 0.377 e. The fourth-order valence-electron chi connectivity index (χ4n) is 5.62. The minimum absolute atomic E-state index is 0.124. The number of carbonyl (C=O) groups is 1. The van der Waals surface area contributed by atoms with Crippen molar-refractivity contribution in [2.45, 2.75) is 51.2 Å². The Bertz CT molecular complexity index is 1370. The van der Waals surface area contributed by atoms with Gasteiger partial charge in [-0.2, -0.15) is 0 Å². The summed E-state index contributed by atoms with van der Waals surface area (Å²) in [6.07, 6.45) is 5.98. The van der Waals surface area contributed by atoms with Crippen molar-refractivity contribution in [3.05, 3.63) is 59.3 Å². The average Bonchev–Trinajstić information content (AvgIpc) is 3.58. The Morgan fingerprint density at radius 1 is 1.16 bits per heavy atom. The number of piperidine rings is 1. The molecule has 198 valence electrons. The predicted octanol–water partition coefficient (Wildman–Crippen LogP) is 3.73. The SMILES string of the molecule is CCS(=O)(=O)N1CCC(c2c[nH]c3c(C(N)=O)cc(-c4cccc(CNC[C@@H]5CCCO5)c4)cc23)CC1. The summed E-state index contributed by atoms with van der Waals surface area (Å²) in [5.74, 6) is -0.140. The summed E-state index contributed by atoms with van der Waals surface area (Å²) in [5.41, 5.74) is 11.2. The third-order valence-electron chi connectivity index (χ3n) is 7.72. The summed E-state index contributed by atoms with van der Waals surface area (Å²) < 4.78 is 31.9. The van der Waals surface area contributed by atoms with Crippen LogP contribution in [-0.2, 0) is 21.3 Å². The zero-order valence-electron chi connectivity index (χ0n) is 21.3. The van der Waals surface area contributed by atoms with Gasteiger partial charge in [0.05, 0.1) is 22.9 Å². The number of aromatic amines is 1. The Kier molecular flexibility index (Phi) is 7.67. The molecule has 1 amide bonds. The van der Waals surface area contributed by atoms with E-state index < -0.39 is 15.9 Å². The van der Waals surface area contributed by atoms with E-state index in [1.165, 1.54) is 0 Å². The number of primary amides is 1. The average molecular weight is 525 g/mol. The third kappa shape index (κ3) is 5.60. The first-order chi connectivity index (χ1) is 17.9. The summed E-state index contributed by atoms with van der Waals surface area (Å²) in [6.45, 7) is 5.14. The standard InChI is InChI=1S/C28H36N4O4S/c1-2-37(34,35)32-10-8-20(9-11-32)26-18-31-27-24(26)14-22(15-25(27)28(29)33)21-6-3-5-19(13-21)16-30-17-23-7-4-12-36-23/h3,5-6,13-15,18,20,23,30-31H,2,4,7-12,16-17H2,1H3,(H2,29,33)/t23-/m0/s1. The Balaban J connectivity index is 1.40. The number of aromatic nitrogens is 1. The number of benzene rings is 2. The summed E-state index contributed by atoms with van der Waals surface area (Å²) >= 11 is 0. The quantitative estimate of drug-likeness (QED) is 0.394. The molecule has 2 saturated heterocycles. The van der Waals surface area contributed by atoms with Crippen LogP contribution in [0, 0.1) is 0 Å². The number of nitrogens with one attached hydrogen (secondary N) is 2. The van der Waals surface area contributed by atoms with E-state index in [1.54, 1.807) is 11.2 Å². The van der Waals surface area contributed by atoms with E-state index >= 15 is 0 Å². The molecule has 0 unspecified atom stereocenters. The molecular weight excluding hydrogens is 488 g/mol. The molecule has 8 nitrogen and oxygen atoms in total. The van der Waals surface area contributed by atoms with Gasteiger partial charge >= 0.3 is 0 Å². The van der Waals surface area contributed by atoms with E-state index in [0.717, 1.165) is 78.5 Å². The topological polar surface area (TPSA) is 118 Å². The number of H-pyrrole nitrogens is 1.